The van der Waals surface area contributed by atoms with Crippen LogP contribution in [0.25, 0.3) is 22.8 Å². The highest BCUT2D eigenvalue weighted by Crippen LogP contribution is 2.29. The maximum Gasteiger partial charge on any atom is 0.249 e. The Morgan fingerprint density at radius 3 is 2.69 bits per heavy atom. The number of hydrogen-bond acceptors (Lipinski definition) is 8. The zero-order chi connectivity index (χ0) is 20.1. The maximum atomic E-state index is 6.20. The fourth-order valence-electron chi connectivity index (χ4n) is 2.68. The molecule has 0 aliphatic heterocycles. The van der Waals surface area contributed by atoms with Crippen molar-refractivity contribution in [1.29, 1.82) is 0 Å². The number of nitrogens with zero attached hydrogens (tertiary/aromatic N) is 6. The summed E-state index contributed by atoms with van der Waals surface area (Å²) in [4.78, 5) is 4.05. The molecule has 0 amide bonds. The number of aromatic nitrogens is 6. The predicted octanol–water partition coefficient (Wildman–Crippen LogP) is 3.98. The summed E-state index contributed by atoms with van der Waals surface area (Å²) in [5.41, 5.74) is 1.65. The van der Waals surface area contributed by atoms with Crippen molar-refractivity contribution in [2.24, 2.45) is 0 Å². The summed E-state index contributed by atoms with van der Waals surface area (Å²) in [6.07, 6.45) is 3.46. The highest BCUT2D eigenvalue weighted by molar-refractivity contribution is 7.98. The first-order chi connectivity index (χ1) is 14.3. The molecule has 0 bridgehead atoms. The van der Waals surface area contributed by atoms with Crippen molar-refractivity contribution < 1.29 is 9.15 Å². The number of thioether (sulfide) groups is 1. The zero-order valence-electron chi connectivity index (χ0n) is 15.5. The van der Waals surface area contributed by atoms with E-state index >= 15 is 0 Å². The number of halogens is 1. The average molecular weight is 429 g/mol. The maximum absolute atomic E-state index is 6.20. The molecular formula is C19H17ClN6O2S. The van der Waals surface area contributed by atoms with E-state index in [4.69, 9.17) is 20.8 Å². The molecule has 29 heavy (non-hydrogen) atoms. The number of pyridine rings is 1. The van der Waals surface area contributed by atoms with E-state index in [0.717, 1.165) is 16.5 Å². The minimum Gasteiger partial charge on any atom is -0.420 e. The van der Waals surface area contributed by atoms with Crippen LogP contribution in [0.1, 0.15) is 5.89 Å². The van der Waals surface area contributed by atoms with E-state index in [-0.39, 0.29) is 0 Å². The second kappa shape index (κ2) is 9.17. The number of rotatable bonds is 8. The van der Waals surface area contributed by atoms with E-state index in [1.54, 1.807) is 25.6 Å². The molecule has 0 aliphatic carbocycles. The molecule has 0 unspecified atom stereocenters. The lowest BCUT2D eigenvalue weighted by molar-refractivity contribution is 0.185. The molecule has 4 rings (SSSR count). The highest BCUT2D eigenvalue weighted by atomic mass is 35.5. The lowest BCUT2D eigenvalue weighted by Gasteiger charge is -2.09. The molecule has 1 aromatic carbocycles. The number of ether oxygens (including phenoxy) is 1. The largest absolute Gasteiger partial charge is 0.420 e. The van der Waals surface area contributed by atoms with Crippen molar-refractivity contribution in [2.75, 3.05) is 13.7 Å². The molecule has 0 atom stereocenters. The van der Waals surface area contributed by atoms with E-state index in [1.807, 2.05) is 34.9 Å². The Hall–Kier alpha value is -2.75. The molecule has 0 saturated heterocycles. The van der Waals surface area contributed by atoms with Crippen LogP contribution in [-0.4, -0.2) is 43.7 Å². The van der Waals surface area contributed by atoms with Gasteiger partial charge in [0.25, 0.3) is 0 Å². The summed E-state index contributed by atoms with van der Waals surface area (Å²) in [6.45, 7) is 1.17. The quantitative estimate of drug-likeness (QED) is 0.389. The van der Waals surface area contributed by atoms with Crippen molar-refractivity contribution >= 4 is 23.4 Å². The van der Waals surface area contributed by atoms with Gasteiger partial charge in [-0.25, -0.2) is 0 Å². The van der Waals surface area contributed by atoms with Gasteiger partial charge in [-0.1, -0.05) is 35.5 Å². The molecule has 3 aromatic heterocycles. The number of hydrogen-bond donors (Lipinski definition) is 0. The van der Waals surface area contributed by atoms with Crippen LogP contribution in [0.2, 0.25) is 5.02 Å². The van der Waals surface area contributed by atoms with Crippen LogP contribution in [0.5, 0.6) is 0 Å². The van der Waals surface area contributed by atoms with E-state index in [2.05, 4.69) is 25.4 Å². The Kier molecular flexibility index (Phi) is 6.18. The molecule has 148 valence electrons. The molecule has 0 radical (unpaired) electrons. The minimum absolute atomic E-state index is 0.393. The van der Waals surface area contributed by atoms with Crippen molar-refractivity contribution in [1.82, 2.24) is 29.9 Å². The van der Waals surface area contributed by atoms with Gasteiger partial charge in [-0.2, -0.15) is 0 Å². The van der Waals surface area contributed by atoms with Gasteiger partial charge in [0.05, 0.1) is 29.5 Å². The van der Waals surface area contributed by atoms with E-state index < -0.39 is 0 Å². The smallest absolute Gasteiger partial charge is 0.249 e. The van der Waals surface area contributed by atoms with Crippen LogP contribution in [0.3, 0.4) is 0 Å². The summed E-state index contributed by atoms with van der Waals surface area (Å²) in [5.74, 6) is 2.09. The first-order valence-corrected chi connectivity index (χ1v) is 10.1. The Balaban J connectivity index is 1.53. The van der Waals surface area contributed by atoms with Gasteiger partial charge in [0.15, 0.2) is 11.0 Å². The van der Waals surface area contributed by atoms with Gasteiger partial charge in [-0.3, -0.25) is 9.55 Å². The van der Waals surface area contributed by atoms with Crippen molar-refractivity contribution in [3.63, 3.8) is 0 Å². The Morgan fingerprint density at radius 1 is 1.07 bits per heavy atom. The Labute approximate surface area is 176 Å². The first-order valence-electron chi connectivity index (χ1n) is 8.79. The van der Waals surface area contributed by atoms with Gasteiger partial charge < -0.3 is 9.15 Å². The molecule has 4 aromatic rings. The third kappa shape index (κ3) is 4.47. The normalized spacial score (nSPS) is 11.1. The van der Waals surface area contributed by atoms with Gasteiger partial charge in [0, 0.05) is 25.1 Å². The Bertz CT molecular complexity index is 1090. The lowest BCUT2D eigenvalue weighted by atomic mass is 10.2. The summed E-state index contributed by atoms with van der Waals surface area (Å²) < 4.78 is 13.0. The molecule has 0 spiro atoms. The molecule has 0 saturated carbocycles. The van der Waals surface area contributed by atoms with Crippen molar-refractivity contribution in [2.45, 2.75) is 17.5 Å². The van der Waals surface area contributed by atoms with Crippen LogP contribution < -0.4 is 0 Å². The summed E-state index contributed by atoms with van der Waals surface area (Å²) >= 11 is 7.67. The monoisotopic (exact) mass is 428 g/mol. The van der Waals surface area contributed by atoms with E-state index in [9.17, 15) is 0 Å². The molecular weight excluding hydrogens is 412 g/mol. The van der Waals surface area contributed by atoms with Gasteiger partial charge in [0.2, 0.25) is 11.8 Å². The van der Waals surface area contributed by atoms with Crippen LogP contribution in [0.15, 0.2) is 58.4 Å². The number of methoxy groups -OCH3 is 1. The topological polar surface area (TPSA) is 91.8 Å². The second-order valence-corrected chi connectivity index (χ2v) is 7.31. The van der Waals surface area contributed by atoms with E-state index in [0.29, 0.717) is 41.3 Å². The Morgan fingerprint density at radius 2 is 1.90 bits per heavy atom. The van der Waals surface area contributed by atoms with Gasteiger partial charge in [0.1, 0.15) is 0 Å². The second-order valence-electron chi connectivity index (χ2n) is 5.96. The fourth-order valence-corrected chi connectivity index (χ4v) is 3.69. The predicted molar refractivity (Wildman–Crippen MR) is 109 cm³/mol. The molecule has 0 fully saturated rings. The fraction of sp³-hybridized carbons (Fsp3) is 0.211. The first kappa shape index (κ1) is 19.6. The van der Waals surface area contributed by atoms with Crippen LogP contribution in [0.4, 0.5) is 0 Å². The zero-order valence-corrected chi connectivity index (χ0v) is 17.1. The van der Waals surface area contributed by atoms with Gasteiger partial charge in [-0.05, 0) is 24.3 Å². The van der Waals surface area contributed by atoms with Crippen LogP contribution in [0, 0.1) is 0 Å². The summed E-state index contributed by atoms with van der Waals surface area (Å²) in [6, 6.07) is 11.2. The summed E-state index contributed by atoms with van der Waals surface area (Å²) in [7, 11) is 1.66. The van der Waals surface area contributed by atoms with Gasteiger partial charge >= 0.3 is 0 Å². The molecule has 8 nitrogen and oxygen atoms in total. The summed E-state index contributed by atoms with van der Waals surface area (Å²) in [5, 5.41) is 18.2. The lowest BCUT2D eigenvalue weighted by Crippen LogP contribution is -2.07. The molecule has 3 heterocycles. The standard InChI is InChI=1S/C19H17ClN6O2S/c1-27-11-10-26-17(13-6-8-21-9-7-13)23-25-19(26)29-12-16-22-24-18(28-16)14-4-2-3-5-15(14)20/h2-9H,10-12H2,1H3. The average Bonchev–Trinajstić information content (AvgIpc) is 3.38. The van der Waals surface area contributed by atoms with Gasteiger partial charge in [-0.15, -0.1) is 20.4 Å². The molecule has 0 aliphatic rings. The molecule has 10 heteroatoms. The third-order valence-corrected chi connectivity index (χ3v) is 5.35. The van der Waals surface area contributed by atoms with E-state index in [1.165, 1.54) is 11.8 Å². The minimum atomic E-state index is 0.393. The third-order valence-electron chi connectivity index (χ3n) is 4.07. The molecule has 0 N–H and O–H groups in total. The SMILES string of the molecule is COCCn1c(SCc2nnc(-c3ccccc3Cl)o2)nnc1-c1ccncc1. The highest BCUT2D eigenvalue weighted by Gasteiger charge is 2.17. The van der Waals surface area contributed by atoms with Crippen LogP contribution in [-0.2, 0) is 17.0 Å². The van der Waals surface area contributed by atoms with Crippen LogP contribution >= 0.6 is 23.4 Å². The van der Waals surface area contributed by atoms with Crippen molar-refractivity contribution in [3.05, 3.63) is 59.7 Å². The van der Waals surface area contributed by atoms with Crippen molar-refractivity contribution in [3.8, 4) is 22.8 Å². The number of benzene rings is 1.